The molecular weight excluding hydrogens is 855 g/mol. The minimum absolute atomic E-state index is 0.0946. The maximum Gasteiger partial charge on any atom is 0.481 e. The molecule has 2 saturated heterocycles. The minimum atomic E-state index is -5.52. The van der Waals surface area contributed by atoms with E-state index in [0.717, 1.165) is 10.9 Å². The molecule has 0 saturated carbocycles. The van der Waals surface area contributed by atoms with Gasteiger partial charge in [-0.15, -0.1) is 0 Å². The summed E-state index contributed by atoms with van der Waals surface area (Å²) in [5.74, 6) is 0.0569. The number of nitrogens with two attached hydrogens (primary N) is 1. The molecule has 330 valence electrons. The van der Waals surface area contributed by atoms with Gasteiger partial charge in [0.1, 0.15) is 48.5 Å². The van der Waals surface area contributed by atoms with Crippen LogP contribution < -0.4 is 16.6 Å². The van der Waals surface area contributed by atoms with E-state index in [1.165, 1.54) is 44.0 Å². The van der Waals surface area contributed by atoms with Crippen molar-refractivity contribution in [2.24, 2.45) is 0 Å². The van der Waals surface area contributed by atoms with Crippen LogP contribution in [0.4, 0.5) is 11.8 Å². The van der Waals surface area contributed by atoms with Crippen LogP contribution in [-0.4, -0.2) is 157 Å². The highest BCUT2D eigenvalue weighted by atomic mass is 31.3. The molecule has 0 radical (unpaired) electrons. The maximum atomic E-state index is 13.4. The first-order valence-corrected chi connectivity index (χ1v) is 22.2. The van der Waals surface area contributed by atoms with E-state index in [1.807, 2.05) is 0 Å². The number of hydrogen-bond donors (Lipinski definition) is 9. The van der Waals surface area contributed by atoms with Crippen molar-refractivity contribution in [1.29, 1.82) is 0 Å². The van der Waals surface area contributed by atoms with Crippen LogP contribution in [0, 0.1) is 0 Å². The van der Waals surface area contributed by atoms with Crippen molar-refractivity contribution in [2.75, 3.05) is 58.1 Å². The van der Waals surface area contributed by atoms with Gasteiger partial charge in [0.15, 0.2) is 35.1 Å². The maximum absolute atomic E-state index is 13.4. The second-order valence-corrected chi connectivity index (χ2v) is 16.9. The number of nitrogen functional groups attached to an aromatic ring is 1. The Morgan fingerprint density at radius 2 is 1.44 bits per heavy atom. The lowest BCUT2D eigenvalue weighted by atomic mass is 10.1. The molecule has 28 nitrogen and oxygen atoms in total. The van der Waals surface area contributed by atoms with Gasteiger partial charge in [0, 0.05) is 14.2 Å². The van der Waals surface area contributed by atoms with E-state index >= 15 is 0 Å². The lowest BCUT2D eigenvalue weighted by Gasteiger charge is -2.26. The van der Waals surface area contributed by atoms with Crippen LogP contribution in [0.5, 0.6) is 0 Å². The summed E-state index contributed by atoms with van der Waals surface area (Å²) in [7, 11) is -13.5. The number of aliphatic hydroxyl groups excluding tert-OH is 2. The van der Waals surface area contributed by atoms with E-state index in [4.69, 9.17) is 43.3 Å². The number of methoxy groups -OCH3 is 1. The Morgan fingerprint density at radius 1 is 0.847 bits per heavy atom. The van der Waals surface area contributed by atoms with Crippen molar-refractivity contribution >= 4 is 57.6 Å². The first-order chi connectivity index (χ1) is 27.8. The summed E-state index contributed by atoms with van der Waals surface area (Å²) in [6, 6.07) is 0. The molecule has 2 unspecified atom stereocenters. The average Bonchev–Trinajstić information content (AvgIpc) is 3.93. The Hall–Kier alpha value is -3.37. The first kappa shape index (κ1) is 46.7. The third kappa shape index (κ3) is 10.9. The predicted molar refractivity (Wildman–Crippen MR) is 201 cm³/mol. The zero-order valence-corrected chi connectivity index (χ0v) is 34.7. The van der Waals surface area contributed by atoms with Gasteiger partial charge in [-0.3, -0.25) is 32.5 Å². The van der Waals surface area contributed by atoms with Gasteiger partial charge in [0.2, 0.25) is 5.95 Å². The van der Waals surface area contributed by atoms with Crippen LogP contribution in [0.15, 0.2) is 23.8 Å². The SMILES string of the molecule is CCN(CC)CC.CNc1ncnc2c1ncn2[C@@H]1O[C@H](COP(=O)(O)OP(=O)(O)O)[C@@H](OP(=O)(O)OC[C@H]2O[C@@H](n3cnc4c(=O)[nH]c(N)nc43)[C@H](O)[C@@H]2O)[C@H]1OC. The molecule has 0 amide bonds. The lowest BCUT2D eigenvalue weighted by Crippen LogP contribution is -2.38. The summed E-state index contributed by atoms with van der Waals surface area (Å²) in [5.41, 5.74) is 5.14. The third-order valence-electron chi connectivity index (χ3n) is 9.10. The van der Waals surface area contributed by atoms with Gasteiger partial charge >= 0.3 is 23.5 Å². The van der Waals surface area contributed by atoms with Crippen molar-refractivity contribution in [1.82, 2.24) is 43.9 Å². The Kier molecular flexibility index (Phi) is 15.1. The van der Waals surface area contributed by atoms with Crippen LogP contribution in [-0.2, 0) is 45.8 Å². The number of aliphatic hydroxyl groups is 2. The van der Waals surface area contributed by atoms with Crippen molar-refractivity contribution < 1.29 is 75.6 Å². The van der Waals surface area contributed by atoms with Crippen LogP contribution in [0.1, 0.15) is 33.2 Å². The summed E-state index contributed by atoms with van der Waals surface area (Å²) in [6.07, 6.45) is -8.69. The quantitative estimate of drug-likeness (QED) is 0.0585. The highest BCUT2D eigenvalue weighted by Crippen LogP contribution is 2.58. The molecule has 6 heterocycles. The standard InChI is InChI=1S/C22H31N10O17P3.C6H15N/c1-24-16-10-17(26-5-25-16)31(6-27-10)21-15(43-2)14(9(47-21)4-45-52(41,42)49-50(36,37)38)48-51(39,40)44-3-8-12(33)13(34)20(46-8)32-7-28-11-18(32)29-22(23)30-19(11)35;1-4-7(5-2)6-3/h5-9,12-15,20-21,33-34H,3-4H2,1-2H3,(H,39,40)(H,41,42)(H,24,25,26)(H2,36,37,38)(H3,23,29,30,35);4-6H2,1-3H3/t8-,9-,12-,13-,14-,15-,20-,21-;/m1./s1. The number of nitrogens with one attached hydrogen (secondary N) is 2. The average molecular weight is 902 g/mol. The molecule has 10 atom stereocenters. The highest BCUT2D eigenvalue weighted by Gasteiger charge is 2.52. The smallest absolute Gasteiger partial charge is 0.387 e. The number of phosphoric acid groups is 3. The molecule has 2 fully saturated rings. The van der Waals surface area contributed by atoms with E-state index in [1.54, 1.807) is 7.05 Å². The van der Waals surface area contributed by atoms with Crippen molar-refractivity contribution in [3.05, 3.63) is 29.3 Å². The second-order valence-electron chi connectivity index (χ2n) is 12.7. The van der Waals surface area contributed by atoms with Gasteiger partial charge in [-0.2, -0.15) is 9.29 Å². The fourth-order valence-electron chi connectivity index (χ4n) is 6.24. The molecule has 31 heteroatoms. The minimum Gasteiger partial charge on any atom is -0.387 e. The molecule has 2 aliphatic heterocycles. The number of hydrogen-bond acceptors (Lipinski definition) is 21. The van der Waals surface area contributed by atoms with Gasteiger partial charge in [-0.25, -0.2) is 33.6 Å². The Labute approximate surface area is 334 Å². The molecule has 0 aromatic carbocycles. The number of phosphoric ester groups is 2. The normalized spacial score (nSPS) is 26.8. The number of ether oxygens (including phenoxy) is 3. The zero-order valence-electron chi connectivity index (χ0n) is 32.1. The molecule has 0 aliphatic carbocycles. The Balaban J connectivity index is 0.000000867. The van der Waals surface area contributed by atoms with Crippen molar-refractivity contribution in [2.45, 2.75) is 69.9 Å². The number of aromatic nitrogens is 8. The summed E-state index contributed by atoms with van der Waals surface area (Å²) >= 11 is 0. The van der Waals surface area contributed by atoms with E-state index in [0.29, 0.717) is 5.82 Å². The molecular formula is C28H46N11O17P3. The first-order valence-electron chi connectivity index (χ1n) is 17.7. The third-order valence-corrected chi connectivity index (χ3v) is 12.2. The monoisotopic (exact) mass is 901 g/mol. The molecule has 6 rings (SSSR count). The van der Waals surface area contributed by atoms with E-state index in [-0.39, 0.29) is 28.3 Å². The molecule has 0 spiro atoms. The van der Waals surface area contributed by atoms with Gasteiger partial charge in [0.25, 0.3) is 5.56 Å². The van der Waals surface area contributed by atoms with Crippen molar-refractivity contribution in [3.63, 3.8) is 0 Å². The summed E-state index contributed by atoms with van der Waals surface area (Å²) in [5, 5.41) is 24.2. The van der Waals surface area contributed by atoms with E-state index in [2.05, 4.69) is 65.2 Å². The fraction of sp³-hybridized carbons (Fsp3) is 0.643. The molecule has 59 heavy (non-hydrogen) atoms. The molecule has 10 N–H and O–H groups in total. The predicted octanol–water partition coefficient (Wildman–Crippen LogP) is -0.808. The van der Waals surface area contributed by atoms with Gasteiger partial charge in [-0.05, 0) is 19.6 Å². The molecule has 0 bridgehead atoms. The van der Waals surface area contributed by atoms with Gasteiger partial charge < -0.3 is 59.9 Å². The van der Waals surface area contributed by atoms with Crippen LogP contribution in [0.25, 0.3) is 22.3 Å². The van der Waals surface area contributed by atoms with Crippen LogP contribution >= 0.6 is 23.5 Å². The number of imidazole rings is 2. The zero-order chi connectivity index (χ0) is 43.4. The molecule has 4 aromatic rings. The highest BCUT2D eigenvalue weighted by molar-refractivity contribution is 7.60. The summed E-state index contributed by atoms with van der Waals surface area (Å²) in [4.78, 5) is 75.8. The largest absolute Gasteiger partial charge is 0.481 e. The number of fused-ring (bicyclic) bond motifs is 2. The molecule has 4 aromatic heterocycles. The topological polar surface area (TPSA) is 386 Å². The van der Waals surface area contributed by atoms with Crippen molar-refractivity contribution in [3.8, 4) is 0 Å². The number of aromatic amines is 1. The number of H-pyrrole nitrogens is 1. The summed E-state index contributed by atoms with van der Waals surface area (Å²) < 4.78 is 75.4. The lowest BCUT2D eigenvalue weighted by molar-refractivity contribution is -0.0581. The Bertz CT molecular complexity index is 2250. The summed E-state index contributed by atoms with van der Waals surface area (Å²) in [6.45, 7) is 8.22. The van der Waals surface area contributed by atoms with Gasteiger partial charge in [-0.1, -0.05) is 20.8 Å². The number of rotatable bonds is 17. The van der Waals surface area contributed by atoms with E-state index < -0.39 is 91.3 Å². The fourth-order valence-corrected chi connectivity index (χ4v) is 8.80. The van der Waals surface area contributed by atoms with Crippen LogP contribution in [0.3, 0.4) is 0 Å². The van der Waals surface area contributed by atoms with Gasteiger partial charge in [0.05, 0.1) is 25.9 Å². The second kappa shape index (κ2) is 19.1. The van der Waals surface area contributed by atoms with Crippen LogP contribution in [0.2, 0.25) is 0 Å². The number of anilines is 2. The Morgan fingerprint density at radius 3 is 2.03 bits per heavy atom. The van der Waals surface area contributed by atoms with E-state index in [9.17, 15) is 38.5 Å². The number of nitrogens with zero attached hydrogens (tertiary/aromatic N) is 8. The molecule has 2 aliphatic rings.